The number of piperidine rings is 2. The summed E-state index contributed by atoms with van der Waals surface area (Å²) < 4.78 is 0. The topological polar surface area (TPSA) is 51.7 Å². The first-order valence-corrected chi connectivity index (χ1v) is 6.01. The highest BCUT2D eigenvalue weighted by Gasteiger charge is 2.39. The smallest absolute Gasteiger partial charge is 0.142 e. The maximum absolute atomic E-state index is 4.24. The number of fused-ring (bicyclic) bond motifs is 3. The zero-order valence-corrected chi connectivity index (χ0v) is 9.16. The lowest BCUT2D eigenvalue weighted by atomic mass is 9.86. The number of nitrogens with zero attached hydrogens (tertiary/aromatic N) is 2. The molecular weight excluding hydrogens is 190 g/mol. The predicted molar refractivity (Wildman–Crippen MR) is 58.8 cm³/mol. The number of rotatable bonds is 1. The first-order chi connectivity index (χ1) is 7.38. The highest BCUT2D eigenvalue weighted by molar-refractivity contribution is 5.83. The van der Waals surface area contributed by atoms with Gasteiger partial charge >= 0.3 is 0 Å². The number of hydrazone groups is 1. The molecule has 3 N–H and O–H groups in total. The number of hydrogen-bond donors (Lipinski definition) is 3. The summed E-state index contributed by atoms with van der Waals surface area (Å²) in [6, 6.07) is 1.94. The van der Waals surface area contributed by atoms with Gasteiger partial charge in [0.2, 0.25) is 0 Å². The molecule has 0 saturated carbocycles. The molecule has 0 spiro atoms. The van der Waals surface area contributed by atoms with Crippen molar-refractivity contribution in [1.29, 1.82) is 0 Å². The fourth-order valence-corrected chi connectivity index (χ4v) is 2.97. The zero-order chi connectivity index (χ0) is 10.3. The second-order valence-corrected chi connectivity index (χ2v) is 4.68. The van der Waals surface area contributed by atoms with Crippen molar-refractivity contribution in [2.45, 2.75) is 57.2 Å². The normalized spacial score (nSPS) is 39.1. The minimum absolute atomic E-state index is 0.579. The van der Waals surface area contributed by atoms with Gasteiger partial charge in [-0.3, -0.25) is 5.01 Å². The Kier molecular flexibility index (Phi) is 2.29. The molecule has 5 nitrogen and oxygen atoms in total. The van der Waals surface area contributed by atoms with E-state index in [1.165, 1.54) is 31.5 Å². The molecule has 0 aromatic heterocycles. The van der Waals surface area contributed by atoms with Crippen molar-refractivity contribution in [2.24, 2.45) is 5.10 Å². The lowest BCUT2D eigenvalue weighted by molar-refractivity contribution is 0.107. The summed E-state index contributed by atoms with van der Waals surface area (Å²) in [5, 5.41) is 10.2. The van der Waals surface area contributed by atoms with Crippen LogP contribution in [-0.4, -0.2) is 29.0 Å². The van der Waals surface area contributed by atoms with E-state index in [1.54, 1.807) is 0 Å². The van der Waals surface area contributed by atoms with Crippen molar-refractivity contribution in [3.63, 3.8) is 0 Å². The van der Waals surface area contributed by atoms with Crippen LogP contribution >= 0.6 is 0 Å². The zero-order valence-electron chi connectivity index (χ0n) is 9.16. The maximum atomic E-state index is 4.24. The fraction of sp³-hybridized carbons (Fsp3) is 0.900. The van der Waals surface area contributed by atoms with Crippen molar-refractivity contribution in [2.75, 3.05) is 0 Å². The van der Waals surface area contributed by atoms with Gasteiger partial charge < -0.3 is 5.32 Å². The minimum Gasteiger partial charge on any atom is -0.309 e. The van der Waals surface area contributed by atoms with Crippen LogP contribution in [0, 0.1) is 0 Å². The molecule has 0 aliphatic carbocycles. The molecule has 0 aromatic carbocycles. The van der Waals surface area contributed by atoms with Gasteiger partial charge in [-0.25, -0.2) is 5.53 Å². The van der Waals surface area contributed by atoms with Crippen molar-refractivity contribution in [1.82, 2.24) is 21.4 Å². The van der Waals surface area contributed by atoms with E-state index < -0.39 is 0 Å². The molecule has 0 amide bonds. The third-order valence-electron chi connectivity index (χ3n) is 3.86. The Morgan fingerprint density at radius 2 is 2.33 bits per heavy atom. The highest BCUT2D eigenvalue weighted by atomic mass is 15.8. The molecule has 0 radical (unpaired) electrons. The van der Waals surface area contributed by atoms with Gasteiger partial charge in [0.05, 0.1) is 6.04 Å². The molecular formula is C10H19N5. The van der Waals surface area contributed by atoms with E-state index in [0.717, 1.165) is 12.5 Å². The number of hydrazine groups is 2. The monoisotopic (exact) mass is 209 g/mol. The number of hydrogen-bond acceptors (Lipinski definition) is 5. The van der Waals surface area contributed by atoms with Gasteiger partial charge in [-0.2, -0.15) is 0 Å². The standard InChI is InChI=1S/C10H19N5/c1-2-7-3-5-9-8(11-7)4-6-10-12-13-14-15(9)10/h7-9,11,13-14H,2-6H2,1H3. The Bertz CT molecular complexity index is 277. The van der Waals surface area contributed by atoms with E-state index >= 15 is 0 Å². The van der Waals surface area contributed by atoms with Gasteiger partial charge in [-0.1, -0.05) is 6.92 Å². The van der Waals surface area contributed by atoms with Crippen molar-refractivity contribution < 1.29 is 0 Å². The van der Waals surface area contributed by atoms with E-state index in [-0.39, 0.29) is 0 Å². The van der Waals surface area contributed by atoms with E-state index in [4.69, 9.17) is 0 Å². The Morgan fingerprint density at radius 3 is 3.20 bits per heavy atom. The highest BCUT2D eigenvalue weighted by Crippen LogP contribution is 2.28. The van der Waals surface area contributed by atoms with Gasteiger partial charge in [0.15, 0.2) is 0 Å². The maximum Gasteiger partial charge on any atom is 0.142 e. The molecule has 2 fully saturated rings. The van der Waals surface area contributed by atoms with E-state index in [2.05, 4.69) is 33.4 Å². The Balaban J connectivity index is 1.73. The van der Waals surface area contributed by atoms with E-state index in [9.17, 15) is 0 Å². The molecule has 3 aliphatic heterocycles. The number of amidine groups is 1. The van der Waals surface area contributed by atoms with Crippen LogP contribution in [0.1, 0.15) is 39.0 Å². The van der Waals surface area contributed by atoms with Crippen LogP contribution in [0.4, 0.5) is 0 Å². The molecule has 3 heterocycles. The third kappa shape index (κ3) is 1.50. The molecule has 3 unspecified atom stereocenters. The van der Waals surface area contributed by atoms with Crippen molar-refractivity contribution in [3.8, 4) is 0 Å². The van der Waals surface area contributed by atoms with E-state index in [1.807, 2.05) is 0 Å². The van der Waals surface area contributed by atoms with Crippen LogP contribution in [0.15, 0.2) is 5.10 Å². The summed E-state index contributed by atoms with van der Waals surface area (Å²) >= 11 is 0. The lowest BCUT2D eigenvalue weighted by Gasteiger charge is -2.45. The third-order valence-corrected chi connectivity index (χ3v) is 3.86. The quantitative estimate of drug-likeness (QED) is 0.582. The van der Waals surface area contributed by atoms with Crippen molar-refractivity contribution in [3.05, 3.63) is 0 Å². The van der Waals surface area contributed by atoms with Crippen LogP contribution in [0.2, 0.25) is 0 Å². The molecule has 3 aliphatic rings. The predicted octanol–water partition coefficient (Wildman–Crippen LogP) is 0.318. The average Bonchev–Trinajstić information content (AvgIpc) is 2.76. The summed E-state index contributed by atoms with van der Waals surface area (Å²) in [7, 11) is 0. The fourth-order valence-electron chi connectivity index (χ4n) is 2.97. The first-order valence-electron chi connectivity index (χ1n) is 6.01. The second kappa shape index (κ2) is 3.64. The summed E-state index contributed by atoms with van der Waals surface area (Å²) in [4.78, 5) is 0. The molecule has 84 valence electrons. The Morgan fingerprint density at radius 1 is 1.40 bits per heavy atom. The van der Waals surface area contributed by atoms with Crippen LogP contribution in [0.5, 0.6) is 0 Å². The average molecular weight is 209 g/mol. The Labute approximate surface area is 90.2 Å². The van der Waals surface area contributed by atoms with Crippen molar-refractivity contribution >= 4 is 5.84 Å². The van der Waals surface area contributed by atoms with Gasteiger partial charge in [0, 0.05) is 18.5 Å². The van der Waals surface area contributed by atoms with Gasteiger partial charge in [-0.05, 0) is 25.7 Å². The summed E-state index contributed by atoms with van der Waals surface area (Å²) in [6.45, 7) is 2.27. The molecule has 2 saturated heterocycles. The largest absolute Gasteiger partial charge is 0.309 e. The van der Waals surface area contributed by atoms with Crippen LogP contribution in [-0.2, 0) is 0 Å². The van der Waals surface area contributed by atoms with Crippen LogP contribution in [0.25, 0.3) is 0 Å². The van der Waals surface area contributed by atoms with Gasteiger partial charge in [0.25, 0.3) is 0 Å². The van der Waals surface area contributed by atoms with Gasteiger partial charge in [-0.15, -0.1) is 10.6 Å². The molecule has 15 heavy (non-hydrogen) atoms. The van der Waals surface area contributed by atoms with Crippen LogP contribution < -0.4 is 16.4 Å². The summed E-state index contributed by atoms with van der Waals surface area (Å²) in [5.41, 5.74) is 5.99. The van der Waals surface area contributed by atoms with Crippen LogP contribution in [0.3, 0.4) is 0 Å². The Hall–Kier alpha value is -0.810. The summed E-state index contributed by atoms with van der Waals surface area (Å²) in [6.07, 6.45) is 6.09. The first kappa shape index (κ1) is 9.42. The molecule has 0 bridgehead atoms. The SMILES string of the molecule is CCC1CCC2C(CCC3=NNNN32)N1. The summed E-state index contributed by atoms with van der Waals surface area (Å²) in [5.74, 6) is 1.17. The number of nitrogens with one attached hydrogen (secondary N) is 3. The van der Waals surface area contributed by atoms with Gasteiger partial charge in [0.1, 0.15) is 5.84 Å². The minimum atomic E-state index is 0.579. The molecule has 3 rings (SSSR count). The second-order valence-electron chi connectivity index (χ2n) is 4.68. The van der Waals surface area contributed by atoms with E-state index in [0.29, 0.717) is 12.1 Å². The lowest BCUT2D eigenvalue weighted by Crippen LogP contribution is -2.63. The molecule has 0 aromatic rings. The molecule has 3 atom stereocenters. The molecule has 5 heteroatoms.